The van der Waals surface area contributed by atoms with Crippen molar-refractivity contribution in [3.05, 3.63) is 65.2 Å². The molecule has 0 aromatic heterocycles. The van der Waals surface area contributed by atoms with Gasteiger partial charge in [-0.15, -0.1) is 0 Å². The molecule has 220 valence electrons. The number of fused-ring (bicyclic) bond motifs is 1. The molecule has 3 saturated heterocycles. The SMILES string of the molecule is CC[C@@]12CCC3(O1)C(C(=O)Nc1c(C)cccc1C)N(CCCCCCO)C(=O)[C@@H]3[C@@H]2C(=O)NCc1ccccc1. The minimum Gasteiger partial charge on any atom is -0.396 e. The summed E-state index contributed by atoms with van der Waals surface area (Å²) < 4.78 is 6.87. The van der Waals surface area contributed by atoms with Gasteiger partial charge in [0, 0.05) is 25.4 Å². The van der Waals surface area contributed by atoms with Gasteiger partial charge in [0.25, 0.3) is 0 Å². The monoisotopic (exact) mass is 561 g/mol. The number of para-hydroxylation sites is 1. The first kappa shape index (κ1) is 29.3. The van der Waals surface area contributed by atoms with Crippen molar-refractivity contribution >= 4 is 23.4 Å². The van der Waals surface area contributed by atoms with Crippen molar-refractivity contribution in [2.24, 2.45) is 11.8 Å². The second kappa shape index (κ2) is 11.9. The zero-order chi connectivity index (χ0) is 29.2. The predicted molar refractivity (Wildman–Crippen MR) is 157 cm³/mol. The highest BCUT2D eigenvalue weighted by Crippen LogP contribution is 2.64. The van der Waals surface area contributed by atoms with Gasteiger partial charge in [-0.05, 0) is 62.6 Å². The Morgan fingerprint density at radius 1 is 0.976 bits per heavy atom. The van der Waals surface area contributed by atoms with Crippen LogP contribution in [0.15, 0.2) is 48.5 Å². The number of nitrogens with one attached hydrogen (secondary N) is 2. The normalized spacial score (nSPS) is 28.1. The maximum absolute atomic E-state index is 14.3. The molecule has 0 radical (unpaired) electrons. The van der Waals surface area contributed by atoms with E-state index >= 15 is 0 Å². The number of aliphatic hydroxyl groups is 1. The first-order chi connectivity index (χ1) is 19.8. The van der Waals surface area contributed by atoms with Gasteiger partial charge in [0.1, 0.15) is 11.6 Å². The van der Waals surface area contributed by atoms with Crippen LogP contribution in [-0.4, -0.2) is 58.1 Å². The summed E-state index contributed by atoms with van der Waals surface area (Å²) >= 11 is 0. The van der Waals surface area contributed by atoms with Crippen molar-refractivity contribution in [2.75, 3.05) is 18.5 Å². The van der Waals surface area contributed by atoms with Crippen molar-refractivity contribution in [1.82, 2.24) is 10.2 Å². The largest absolute Gasteiger partial charge is 0.396 e. The number of anilines is 1. The number of aryl methyl sites for hydroxylation is 2. The Labute approximate surface area is 242 Å². The number of hydrogen-bond acceptors (Lipinski definition) is 5. The van der Waals surface area contributed by atoms with E-state index in [1.807, 2.05) is 69.3 Å². The van der Waals surface area contributed by atoms with E-state index in [0.29, 0.717) is 45.2 Å². The van der Waals surface area contributed by atoms with E-state index in [2.05, 4.69) is 10.6 Å². The fourth-order valence-electron chi connectivity index (χ4n) is 7.50. The number of benzene rings is 2. The first-order valence-electron chi connectivity index (χ1n) is 15.1. The molecule has 0 aliphatic carbocycles. The maximum atomic E-state index is 14.3. The van der Waals surface area contributed by atoms with Gasteiger partial charge < -0.3 is 25.4 Å². The third-order valence-electron chi connectivity index (χ3n) is 9.56. The van der Waals surface area contributed by atoms with Crippen LogP contribution in [0.3, 0.4) is 0 Å². The second-order valence-electron chi connectivity index (χ2n) is 12.0. The molecule has 0 saturated carbocycles. The van der Waals surface area contributed by atoms with E-state index in [-0.39, 0.29) is 24.3 Å². The van der Waals surface area contributed by atoms with E-state index in [1.165, 1.54) is 0 Å². The van der Waals surface area contributed by atoms with Crippen molar-refractivity contribution in [2.45, 2.75) is 89.5 Å². The van der Waals surface area contributed by atoms with E-state index in [1.54, 1.807) is 4.90 Å². The average molecular weight is 562 g/mol. The molecule has 3 fully saturated rings. The van der Waals surface area contributed by atoms with Gasteiger partial charge >= 0.3 is 0 Å². The standard InChI is InChI=1S/C33H43N3O5/c1-4-32-17-18-33(41-32)26(25(32)29(38)34-21-24-15-8-7-9-16-24)31(40)36(19-10-5-6-11-20-37)28(33)30(39)35-27-22(2)13-12-14-23(27)3/h7-9,12-16,25-26,28,37H,4-6,10-11,17-21H2,1-3H3,(H,34,38)(H,35,39)/t25-,26+,28?,32+,33?/m1/s1. The van der Waals surface area contributed by atoms with Crippen molar-refractivity contribution in [3.8, 4) is 0 Å². The molecule has 3 heterocycles. The topological polar surface area (TPSA) is 108 Å². The smallest absolute Gasteiger partial charge is 0.250 e. The predicted octanol–water partition coefficient (Wildman–Crippen LogP) is 4.27. The molecule has 8 nitrogen and oxygen atoms in total. The molecule has 3 amide bonds. The Kier molecular flexibility index (Phi) is 8.52. The molecule has 2 aromatic carbocycles. The van der Waals surface area contributed by atoms with Gasteiger partial charge in [-0.2, -0.15) is 0 Å². The number of likely N-dealkylation sites (tertiary alicyclic amines) is 1. The number of amides is 3. The Morgan fingerprint density at radius 2 is 1.68 bits per heavy atom. The van der Waals surface area contributed by atoms with E-state index in [9.17, 15) is 19.5 Å². The molecule has 41 heavy (non-hydrogen) atoms. The van der Waals surface area contributed by atoms with Gasteiger partial charge in [0.15, 0.2) is 0 Å². The highest BCUT2D eigenvalue weighted by atomic mass is 16.5. The number of carbonyl (C=O) groups excluding carboxylic acids is 3. The molecule has 8 heteroatoms. The summed E-state index contributed by atoms with van der Waals surface area (Å²) in [7, 11) is 0. The molecule has 3 aliphatic rings. The lowest BCUT2D eigenvalue weighted by Gasteiger charge is -2.34. The quantitative estimate of drug-likeness (QED) is 0.336. The number of unbranched alkanes of at least 4 members (excludes halogenated alkanes) is 3. The average Bonchev–Trinajstić information content (AvgIpc) is 3.58. The molecule has 2 unspecified atom stereocenters. The van der Waals surface area contributed by atoms with Gasteiger partial charge in [0.05, 0.1) is 17.4 Å². The maximum Gasteiger partial charge on any atom is 0.250 e. The van der Waals surface area contributed by atoms with Crippen LogP contribution >= 0.6 is 0 Å². The lowest BCUT2D eigenvalue weighted by Crippen LogP contribution is -2.53. The fourth-order valence-corrected chi connectivity index (χ4v) is 7.50. The van der Waals surface area contributed by atoms with E-state index in [0.717, 1.165) is 35.2 Å². The summed E-state index contributed by atoms with van der Waals surface area (Å²) in [6.07, 6.45) is 4.91. The number of rotatable bonds is 12. The third kappa shape index (κ3) is 5.17. The van der Waals surface area contributed by atoms with Crippen LogP contribution in [0, 0.1) is 25.7 Å². The van der Waals surface area contributed by atoms with Crippen LogP contribution in [-0.2, 0) is 25.7 Å². The number of aliphatic hydroxyl groups excluding tert-OH is 1. The Morgan fingerprint density at radius 3 is 2.37 bits per heavy atom. The van der Waals surface area contributed by atoms with Gasteiger partial charge in [-0.25, -0.2) is 0 Å². The van der Waals surface area contributed by atoms with Crippen LogP contribution in [0.2, 0.25) is 0 Å². The van der Waals surface area contributed by atoms with Gasteiger partial charge in [0.2, 0.25) is 17.7 Å². The summed E-state index contributed by atoms with van der Waals surface area (Å²) in [5.41, 5.74) is 1.82. The molecule has 3 aliphatic heterocycles. The summed E-state index contributed by atoms with van der Waals surface area (Å²) in [5, 5.41) is 15.4. The molecule has 2 aromatic rings. The molecule has 2 bridgehead atoms. The van der Waals surface area contributed by atoms with E-state index in [4.69, 9.17) is 4.74 Å². The van der Waals surface area contributed by atoms with E-state index < -0.39 is 29.1 Å². The highest BCUT2D eigenvalue weighted by Gasteiger charge is 2.78. The van der Waals surface area contributed by atoms with Crippen LogP contribution in [0.25, 0.3) is 0 Å². The third-order valence-corrected chi connectivity index (χ3v) is 9.56. The van der Waals surface area contributed by atoms with Crippen LogP contribution < -0.4 is 10.6 Å². The Hall–Kier alpha value is -3.23. The summed E-state index contributed by atoms with van der Waals surface area (Å²) in [6.45, 7) is 6.84. The summed E-state index contributed by atoms with van der Waals surface area (Å²) in [4.78, 5) is 44.0. The minimum absolute atomic E-state index is 0.140. The summed E-state index contributed by atoms with van der Waals surface area (Å²) in [6, 6.07) is 14.8. The molecule has 5 rings (SSSR count). The number of nitrogens with zero attached hydrogens (tertiary/aromatic N) is 1. The zero-order valence-electron chi connectivity index (χ0n) is 24.4. The lowest BCUT2D eigenvalue weighted by molar-refractivity contribution is -0.146. The van der Waals surface area contributed by atoms with Crippen LogP contribution in [0.4, 0.5) is 5.69 Å². The van der Waals surface area contributed by atoms with Crippen molar-refractivity contribution < 1.29 is 24.2 Å². The Bertz CT molecular complexity index is 1260. The molecule has 1 spiro atoms. The number of ether oxygens (including phenoxy) is 1. The fraction of sp³-hybridized carbons (Fsp3) is 0.545. The van der Waals surface area contributed by atoms with Crippen molar-refractivity contribution in [3.63, 3.8) is 0 Å². The van der Waals surface area contributed by atoms with Crippen LogP contribution in [0.5, 0.6) is 0 Å². The van der Waals surface area contributed by atoms with Gasteiger partial charge in [-0.1, -0.05) is 68.3 Å². The minimum atomic E-state index is -1.05. The van der Waals surface area contributed by atoms with Crippen LogP contribution in [0.1, 0.15) is 68.6 Å². The summed E-state index contributed by atoms with van der Waals surface area (Å²) in [5.74, 6) is -1.98. The Balaban J connectivity index is 1.46. The molecule has 3 N–H and O–H groups in total. The van der Waals surface area contributed by atoms with Crippen molar-refractivity contribution in [1.29, 1.82) is 0 Å². The number of hydrogen-bond donors (Lipinski definition) is 3. The first-order valence-corrected chi connectivity index (χ1v) is 15.1. The molecule has 5 atom stereocenters. The molecular weight excluding hydrogens is 518 g/mol. The molecular formula is C33H43N3O5. The zero-order valence-corrected chi connectivity index (χ0v) is 24.4. The van der Waals surface area contributed by atoms with Gasteiger partial charge in [-0.3, -0.25) is 14.4 Å². The highest BCUT2D eigenvalue weighted by molar-refractivity contribution is 6.04. The lowest BCUT2D eigenvalue weighted by atomic mass is 9.65. The second-order valence-corrected chi connectivity index (χ2v) is 12.0. The number of carbonyl (C=O) groups is 3.